The Balaban J connectivity index is 2.00. The minimum Gasteiger partial charge on any atom is -0.364 e. The number of ether oxygens (including phenoxy) is 2. The zero-order valence-electron chi connectivity index (χ0n) is 12.6. The van der Waals surface area contributed by atoms with Crippen molar-refractivity contribution in [1.29, 1.82) is 0 Å². The fourth-order valence-corrected chi connectivity index (χ4v) is 3.28. The second kappa shape index (κ2) is 6.56. The Morgan fingerprint density at radius 3 is 2.78 bits per heavy atom. The van der Waals surface area contributed by atoms with Gasteiger partial charge < -0.3 is 15.2 Å². The topological polar surface area (TPSA) is 134 Å². The lowest BCUT2D eigenvalue weighted by atomic mass is 10.3. The van der Waals surface area contributed by atoms with Gasteiger partial charge in [-0.15, -0.1) is 0 Å². The number of primary amides is 1. The maximum atomic E-state index is 12.1. The molecule has 0 spiro atoms. The van der Waals surface area contributed by atoms with Gasteiger partial charge in [-0.2, -0.15) is 4.98 Å². The molecule has 1 aliphatic rings. The van der Waals surface area contributed by atoms with Crippen LogP contribution in [-0.4, -0.2) is 48.5 Å². The molecule has 0 saturated carbocycles. The second-order valence-electron chi connectivity index (χ2n) is 5.43. The summed E-state index contributed by atoms with van der Waals surface area (Å²) >= 11 is 5.63. The number of aromatic nitrogens is 2. The van der Waals surface area contributed by atoms with Crippen LogP contribution in [0.25, 0.3) is 0 Å². The van der Waals surface area contributed by atoms with E-state index in [-0.39, 0.29) is 35.1 Å². The molecule has 1 aromatic rings. The number of halogens is 1. The Kier molecular flexibility index (Phi) is 5.09. The number of carbonyl (C=O) groups is 1. The number of hydrogen-bond donors (Lipinski definition) is 2. The summed E-state index contributed by atoms with van der Waals surface area (Å²) in [7, 11) is -3.71. The Morgan fingerprint density at radius 2 is 2.22 bits per heavy atom. The van der Waals surface area contributed by atoms with Crippen molar-refractivity contribution in [1.82, 2.24) is 9.97 Å². The van der Waals surface area contributed by atoms with E-state index in [1.807, 2.05) is 0 Å². The molecule has 1 aromatic heterocycles. The van der Waals surface area contributed by atoms with Crippen LogP contribution in [0.1, 0.15) is 30.8 Å². The molecule has 1 fully saturated rings. The van der Waals surface area contributed by atoms with Crippen molar-refractivity contribution in [3.8, 4) is 0 Å². The third-order valence-electron chi connectivity index (χ3n) is 2.99. The molecule has 11 heteroatoms. The van der Waals surface area contributed by atoms with Crippen LogP contribution in [0.4, 0.5) is 5.82 Å². The van der Waals surface area contributed by atoms with Crippen LogP contribution in [-0.2, 0) is 19.5 Å². The number of sulfonamides is 1. The SMILES string of the molecule is CC1(C)OCC(CCS(=O)(=O)Nc2cc(C(N)=O)nc(Cl)n2)O1. The lowest BCUT2D eigenvalue weighted by Gasteiger charge is -2.17. The monoisotopic (exact) mass is 364 g/mol. The van der Waals surface area contributed by atoms with E-state index in [2.05, 4.69) is 14.7 Å². The highest BCUT2D eigenvalue weighted by atomic mass is 35.5. The van der Waals surface area contributed by atoms with Crippen LogP contribution in [0.2, 0.25) is 5.28 Å². The number of nitrogens with zero attached hydrogens (tertiary/aromatic N) is 2. The Morgan fingerprint density at radius 1 is 1.52 bits per heavy atom. The Bertz CT molecular complexity index is 709. The normalized spacial score (nSPS) is 20.4. The predicted octanol–water partition coefficient (Wildman–Crippen LogP) is 0.512. The first-order valence-electron chi connectivity index (χ1n) is 6.73. The summed E-state index contributed by atoms with van der Waals surface area (Å²) in [4.78, 5) is 18.4. The predicted molar refractivity (Wildman–Crippen MR) is 82.5 cm³/mol. The summed E-state index contributed by atoms with van der Waals surface area (Å²) in [5, 5.41) is -0.284. The standard InChI is InChI=1S/C12H17ClN4O5S/c1-12(2)21-6-7(22-12)3-4-23(19,20)17-9-5-8(10(14)18)15-11(13)16-9/h5,7H,3-4,6H2,1-2H3,(H2,14,18)(H,15,16,17). The van der Waals surface area contributed by atoms with Crippen molar-refractivity contribution in [2.24, 2.45) is 5.73 Å². The number of carbonyl (C=O) groups excluding carboxylic acids is 1. The van der Waals surface area contributed by atoms with Crippen LogP contribution in [0.15, 0.2) is 6.07 Å². The van der Waals surface area contributed by atoms with Gasteiger partial charge in [-0.1, -0.05) is 0 Å². The molecule has 0 radical (unpaired) electrons. The summed E-state index contributed by atoms with van der Waals surface area (Å²) in [5.74, 6) is -1.88. The van der Waals surface area contributed by atoms with Crippen LogP contribution in [0.5, 0.6) is 0 Å². The molecule has 0 bridgehead atoms. The van der Waals surface area contributed by atoms with Gasteiger partial charge in [0.2, 0.25) is 15.3 Å². The largest absolute Gasteiger partial charge is 0.364 e. The fourth-order valence-electron chi connectivity index (χ4n) is 2.00. The van der Waals surface area contributed by atoms with Crippen molar-refractivity contribution in [3.63, 3.8) is 0 Å². The number of nitrogens with two attached hydrogens (primary N) is 1. The van der Waals surface area contributed by atoms with Crippen LogP contribution < -0.4 is 10.5 Å². The highest BCUT2D eigenvalue weighted by Gasteiger charge is 2.33. The summed E-state index contributed by atoms with van der Waals surface area (Å²) in [5.41, 5.74) is 4.90. The molecular formula is C12H17ClN4O5S. The lowest BCUT2D eigenvalue weighted by molar-refractivity contribution is -0.138. The van der Waals surface area contributed by atoms with Gasteiger partial charge in [0.1, 0.15) is 11.5 Å². The minimum absolute atomic E-state index is 0.122. The lowest BCUT2D eigenvalue weighted by Crippen LogP contribution is -2.25. The van der Waals surface area contributed by atoms with E-state index in [9.17, 15) is 13.2 Å². The van der Waals surface area contributed by atoms with Gasteiger partial charge in [0, 0.05) is 6.07 Å². The zero-order chi connectivity index (χ0) is 17.3. The molecule has 23 heavy (non-hydrogen) atoms. The second-order valence-corrected chi connectivity index (χ2v) is 7.61. The third-order valence-corrected chi connectivity index (χ3v) is 4.45. The average Bonchev–Trinajstić information content (AvgIpc) is 2.75. The number of nitrogens with one attached hydrogen (secondary N) is 1. The molecule has 1 amide bonds. The maximum absolute atomic E-state index is 12.1. The van der Waals surface area contributed by atoms with Crippen LogP contribution >= 0.6 is 11.6 Å². The van der Waals surface area contributed by atoms with Gasteiger partial charge >= 0.3 is 0 Å². The number of rotatable bonds is 6. The van der Waals surface area contributed by atoms with E-state index in [4.69, 9.17) is 26.8 Å². The van der Waals surface area contributed by atoms with Gasteiger partial charge in [0.15, 0.2) is 5.79 Å². The van der Waals surface area contributed by atoms with Crippen molar-refractivity contribution in [3.05, 3.63) is 17.0 Å². The molecule has 1 atom stereocenters. The zero-order valence-corrected chi connectivity index (χ0v) is 14.1. The number of anilines is 1. The first-order chi connectivity index (χ1) is 10.6. The van der Waals surface area contributed by atoms with Gasteiger partial charge in [-0.3, -0.25) is 9.52 Å². The van der Waals surface area contributed by atoms with E-state index < -0.39 is 21.7 Å². The van der Waals surface area contributed by atoms with E-state index in [1.165, 1.54) is 0 Å². The van der Waals surface area contributed by atoms with Crippen molar-refractivity contribution in [2.75, 3.05) is 17.1 Å². The summed E-state index contributed by atoms with van der Waals surface area (Å²) in [6.45, 7) is 3.84. The molecule has 2 heterocycles. The Labute approximate surface area is 138 Å². The molecule has 9 nitrogen and oxygen atoms in total. The van der Waals surface area contributed by atoms with Crippen molar-refractivity contribution >= 4 is 33.3 Å². The smallest absolute Gasteiger partial charge is 0.267 e. The average molecular weight is 365 g/mol. The third kappa shape index (κ3) is 5.27. The van der Waals surface area contributed by atoms with Crippen molar-refractivity contribution < 1.29 is 22.7 Å². The van der Waals surface area contributed by atoms with Crippen LogP contribution in [0.3, 0.4) is 0 Å². The minimum atomic E-state index is -3.71. The molecule has 1 aliphatic heterocycles. The molecule has 2 rings (SSSR count). The first kappa shape index (κ1) is 17.9. The van der Waals surface area contributed by atoms with Gasteiger partial charge in [0.05, 0.1) is 18.5 Å². The van der Waals surface area contributed by atoms with Gasteiger partial charge in [-0.25, -0.2) is 13.4 Å². The Hall–Kier alpha value is -1.49. The molecule has 3 N–H and O–H groups in total. The fraction of sp³-hybridized carbons (Fsp3) is 0.583. The molecule has 0 aromatic carbocycles. The molecule has 128 valence electrons. The number of amides is 1. The van der Waals surface area contributed by atoms with Gasteiger partial charge in [-0.05, 0) is 31.9 Å². The molecule has 0 aliphatic carbocycles. The number of hydrogen-bond acceptors (Lipinski definition) is 7. The highest BCUT2D eigenvalue weighted by molar-refractivity contribution is 7.92. The van der Waals surface area contributed by atoms with Crippen molar-refractivity contribution in [2.45, 2.75) is 32.2 Å². The van der Waals surface area contributed by atoms with Crippen LogP contribution in [0, 0.1) is 0 Å². The van der Waals surface area contributed by atoms with Gasteiger partial charge in [0.25, 0.3) is 5.91 Å². The summed E-state index contributed by atoms with van der Waals surface area (Å²) in [6, 6.07) is 1.12. The molecule has 1 unspecified atom stereocenters. The first-order valence-corrected chi connectivity index (χ1v) is 8.76. The van der Waals surface area contributed by atoms with E-state index in [1.54, 1.807) is 13.8 Å². The van der Waals surface area contributed by atoms with E-state index in [0.29, 0.717) is 6.61 Å². The highest BCUT2D eigenvalue weighted by Crippen LogP contribution is 2.24. The van der Waals surface area contributed by atoms with E-state index >= 15 is 0 Å². The maximum Gasteiger partial charge on any atom is 0.267 e. The summed E-state index contributed by atoms with van der Waals surface area (Å²) in [6.07, 6.45) is -0.0583. The van der Waals surface area contributed by atoms with E-state index in [0.717, 1.165) is 6.07 Å². The quantitative estimate of drug-likeness (QED) is 0.702. The molecular weight excluding hydrogens is 348 g/mol. The molecule has 1 saturated heterocycles. The summed E-state index contributed by atoms with van der Waals surface area (Å²) < 4.78 is 37.3.